The molecule has 2 amide bonds. The lowest BCUT2D eigenvalue weighted by Gasteiger charge is -2.25. The maximum Gasteiger partial charge on any atom is 0.408 e. The van der Waals surface area contributed by atoms with Gasteiger partial charge < -0.3 is 25.2 Å². The molecule has 4 aromatic rings. The number of nitrogens with one attached hydrogen (secondary N) is 3. The zero-order chi connectivity index (χ0) is 27.0. The number of benzene rings is 3. The van der Waals surface area contributed by atoms with E-state index >= 15 is 0 Å². The molecular formula is C30H33N5O4. The smallest absolute Gasteiger partial charge is 0.408 e. The number of rotatable bonds is 9. The lowest BCUT2D eigenvalue weighted by Crippen LogP contribution is -2.50. The quantitative estimate of drug-likeness (QED) is 0.301. The molecule has 9 nitrogen and oxygen atoms in total. The number of alkyl carbamates (subject to hydrolysis) is 1. The van der Waals surface area contributed by atoms with E-state index in [0.29, 0.717) is 24.7 Å². The SMILES string of the molecule is Cc1noc([C@@H](Cc2ccccc2)NC(=O)[C@@H](Cc2ccc3ccccc3c2)NC(=O)O[C@@H]2CCCNC2)n1. The van der Waals surface area contributed by atoms with Gasteiger partial charge in [0.1, 0.15) is 18.2 Å². The van der Waals surface area contributed by atoms with Gasteiger partial charge in [-0.05, 0) is 48.2 Å². The van der Waals surface area contributed by atoms with Gasteiger partial charge >= 0.3 is 6.09 Å². The van der Waals surface area contributed by atoms with Crippen molar-refractivity contribution in [1.29, 1.82) is 0 Å². The van der Waals surface area contributed by atoms with Crippen LogP contribution in [-0.4, -0.2) is 47.4 Å². The van der Waals surface area contributed by atoms with Crippen molar-refractivity contribution in [3.8, 4) is 0 Å². The van der Waals surface area contributed by atoms with Gasteiger partial charge in [-0.2, -0.15) is 4.98 Å². The number of amides is 2. The molecule has 1 saturated heterocycles. The molecule has 202 valence electrons. The molecule has 39 heavy (non-hydrogen) atoms. The predicted molar refractivity (Wildman–Crippen MR) is 147 cm³/mol. The zero-order valence-corrected chi connectivity index (χ0v) is 21.9. The third-order valence-electron chi connectivity index (χ3n) is 6.83. The number of aromatic nitrogens is 2. The topological polar surface area (TPSA) is 118 Å². The number of ether oxygens (including phenoxy) is 1. The summed E-state index contributed by atoms with van der Waals surface area (Å²) >= 11 is 0. The second-order valence-corrected chi connectivity index (χ2v) is 9.89. The molecule has 1 aliphatic rings. The number of piperidine rings is 1. The monoisotopic (exact) mass is 527 g/mol. The average Bonchev–Trinajstić information content (AvgIpc) is 3.39. The number of hydrogen-bond donors (Lipinski definition) is 3. The molecule has 0 aliphatic carbocycles. The second kappa shape index (κ2) is 12.5. The van der Waals surface area contributed by atoms with E-state index in [1.807, 2.05) is 72.8 Å². The Labute approximate surface area is 227 Å². The van der Waals surface area contributed by atoms with E-state index in [0.717, 1.165) is 41.3 Å². The van der Waals surface area contributed by atoms with Crippen molar-refractivity contribution >= 4 is 22.8 Å². The molecule has 0 saturated carbocycles. The third kappa shape index (κ3) is 7.20. The molecule has 1 aromatic heterocycles. The summed E-state index contributed by atoms with van der Waals surface area (Å²) in [5.41, 5.74) is 1.92. The molecule has 3 N–H and O–H groups in total. The highest BCUT2D eigenvalue weighted by atomic mass is 16.6. The molecule has 5 rings (SSSR count). The molecule has 0 bridgehead atoms. The molecule has 2 heterocycles. The molecule has 1 aliphatic heterocycles. The lowest BCUT2D eigenvalue weighted by molar-refractivity contribution is -0.124. The van der Waals surface area contributed by atoms with Crippen LogP contribution >= 0.6 is 0 Å². The van der Waals surface area contributed by atoms with E-state index in [2.05, 4.69) is 26.1 Å². The number of carbonyl (C=O) groups is 2. The van der Waals surface area contributed by atoms with Gasteiger partial charge in [0.15, 0.2) is 5.82 Å². The highest BCUT2D eigenvalue weighted by Crippen LogP contribution is 2.20. The number of aryl methyl sites for hydroxylation is 1. The van der Waals surface area contributed by atoms with Gasteiger partial charge in [-0.15, -0.1) is 0 Å². The zero-order valence-electron chi connectivity index (χ0n) is 21.9. The van der Waals surface area contributed by atoms with Gasteiger partial charge in [-0.25, -0.2) is 4.79 Å². The van der Waals surface area contributed by atoms with Crippen LogP contribution in [0.3, 0.4) is 0 Å². The van der Waals surface area contributed by atoms with Gasteiger partial charge in [0.2, 0.25) is 11.8 Å². The first-order valence-electron chi connectivity index (χ1n) is 13.3. The van der Waals surface area contributed by atoms with Crippen molar-refractivity contribution < 1.29 is 18.8 Å². The van der Waals surface area contributed by atoms with Crippen molar-refractivity contribution in [2.75, 3.05) is 13.1 Å². The molecule has 0 unspecified atom stereocenters. The summed E-state index contributed by atoms with van der Waals surface area (Å²) in [4.78, 5) is 31.0. The summed E-state index contributed by atoms with van der Waals surface area (Å²) in [7, 11) is 0. The van der Waals surface area contributed by atoms with E-state index in [1.54, 1.807) is 6.92 Å². The summed E-state index contributed by atoms with van der Waals surface area (Å²) in [6.45, 7) is 3.24. The predicted octanol–water partition coefficient (Wildman–Crippen LogP) is 4.02. The first-order chi connectivity index (χ1) is 19.0. The number of fused-ring (bicyclic) bond motifs is 1. The Bertz CT molecular complexity index is 1400. The van der Waals surface area contributed by atoms with Gasteiger partial charge in [-0.3, -0.25) is 4.79 Å². The van der Waals surface area contributed by atoms with Crippen LogP contribution in [0.25, 0.3) is 10.8 Å². The third-order valence-corrected chi connectivity index (χ3v) is 6.83. The Morgan fingerprint density at radius 3 is 2.54 bits per heavy atom. The summed E-state index contributed by atoms with van der Waals surface area (Å²) in [6, 6.07) is 22.4. The van der Waals surface area contributed by atoms with E-state index in [-0.39, 0.29) is 18.4 Å². The highest BCUT2D eigenvalue weighted by Gasteiger charge is 2.29. The lowest BCUT2D eigenvalue weighted by atomic mass is 10.0. The molecule has 3 aromatic carbocycles. The van der Waals surface area contributed by atoms with Gasteiger partial charge in [0.05, 0.1) is 0 Å². The van der Waals surface area contributed by atoms with Crippen molar-refractivity contribution in [2.24, 2.45) is 0 Å². The molecular weight excluding hydrogens is 494 g/mol. The minimum absolute atomic E-state index is 0.227. The summed E-state index contributed by atoms with van der Waals surface area (Å²) in [5, 5.41) is 15.2. The Morgan fingerprint density at radius 1 is 1.00 bits per heavy atom. The van der Waals surface area contributed by atoms with Gasteiger partial charge in [0.25, 0.3) is 0 Å². The number of hydrogen-bond acceptors (Lipinski definition) is 7. The standard InChI is InChI=1S/C30H33N5O4/c1-20-32-29(39-35-20)27(17-21-8-3-2-4-9-21)33-28(36)26(34-30(37)38-25-12-7-15-31-19-25)18-22-13-14-23-10-5-6-11-24(23)16-22/h2-6,8-11,13-14,16,25-27,31H,7,12,15,17-19H2,1H3,(H,33,36)(H,34,37)/t25-,26-,27-/m1/s1. The summed E-state index contributed by atoms with van der Waals surface area (Å²) in [5.74, 6) is 0.427. The van der Waals surface area contributed by atoms with Crippen molar-refractivity contribution in [3.05, 3.63) is 95.6 Å². The van der Waals surface area contributed by atoms with Crippen LogP contribution < -0.4 is 16.0 Å². The first kappa shape index (κ1) is 26.4. The van der Waals surface area contributed by atoms with Crippen LogP contribution in [0.1, 0.15) is 41.7 Å². The van der Waals surface area contributed by atoms with Gasteiger partial charge in [-0.1, -0.05) is 78.0 Å². The Morgan fingerprint density at radius 2 is 1.79 bits per heavy atom. The maximum absolute atomic E-state index is 13.7. The Kier molecular flexibility index (Phi) is 8.48. The van der Waals surface area contributed by atoms with Crippen LogP contribution in [0.5, 0.6) is 0 Å². The fourth-order valence-electron chi connectivity index (χ4n) is 4.84. The molecule has 9 heteroatoms. The van der Waals surface area contributed by atoms with Gasteiger partial charge in [0, 0.05) is 19.4 Å². The van der Waals surface area contributed by atoms with Crippen LogP contribution in [0.15, 0.2) is 77.3 Å². The summed E-state index contributed by atoms with van der Waals surface area (Å²) < 4.78 is 11.1. The van der Waals surface area contributed by atoms with Crippen LogP contribution in [0, 0.1) is 6.92 Å². The molecule has 0 spiro atoms. The maximum atomic E-state index is 13.7. The average molecular weight is 528 g/mol. The van der Waals surface area contributed by atoms with E-state index in [4.69, 9.17) is 9.26 Å². The van der Waals surface area contributed by atoms with Crippen LogP contribution in [-0.2, 0) is 22.4 Å². The van der Waals surface area contributed by atoms with Crippen molar-refractivity contribution in [3.63, 3.8) is 0 Å². The van der Waals surface area contributed by atoms with E-state index in [1.165, 1.54) is 0 Å². The highest BCUT2D eigenvalue weighted by molar-refractivity contribution is 5.87. The molecule has 3 atom stereocenters. The van der Waals surface area contributed by atoms with Crippen LogP contribution in [0.2, 0.25) is 0 Å². The molecule has 0 radical (unpaired) electrons. The van der Waals surface area contributed by atoms with Crippen LogP contribution in [0.4, 0.5) is 4.79 Å². The Balaban J connectivity index is 1.36. The number of carbonyl (C=O) groups excluding carboxylic acids is 2. The second-order valence-electron chi connectivity index (χ2n) is 9.89. The molecule has 1 fully saturated rings. The van der Waals surface area contributed by atoms with E-state index in [9.17, 15) is 9.59 Å². The minimum atomic E-state index is -0.877. The number of nitrogens with zero attached hydrogens (tertiary/aromatic N) is 2. The summed E-state index contributed by atoms with van der Waals surface area (Å²) in [6.07, 6.45) is 1.62. The van der Waals surface area contributed by atoms with E-state index < -0.39 is 18.2 Å². The Hall–Kier alpha value is -4.24. The first-order valence-corrected chi connectivity index (χ1v) is 13.3. The fraction of sp³-hybridized carbons (Fsp3) is 0.333. The minimum Gasteiger partial charge on any atom is -0.445 e. The van der Waals surface area contributed by atoms with Crippen molar-refractivity contribution in [1.82, 2.24) is 26.1 Å². The van der Waals surface area contributed by atoms with Crippen molar-refractivity contribution in [2.45, 2.75) is 50.8 Å². The normalized spacial score (nSPS) is 16.8. The fourth-order valence-corrected chi connectivity index (χ4v) is 4.84. The largest absolute Gasteiger partial charge is 0.445 e.